The van der Waals surface area contributed by atoms with Crippen molar-refractivity contribution in [3.8, 4) is 5.75 Å². The first-order valence-electron chi connectivity index (χ1n) is 6.24. The molecule has 0 fully saturated rings. The van der Waals surface area contributed by atoms with Gasteiger partial charge in [-0.3, -0.25) is 9.36 Å². The van der Waals surface area contributed by atoms with Crippen LogP contribution in [0.15, 0.2) is 18.2 Å². The molecule has 0 bridgehead atoms. The van der Waals surface area contributed by atoms with E-state index in [4.69, 9.17) is 13.8 Å². The Morgan fingerprint density at radius 3 is 2.30 bits per heavy atom. The lowest BCUT2D eigenvalue weighted by molar-refractivity contribution is -0.131. The SMILES string of the molecule is CCOP(=O)(CC(=O)Oc1cc(C)cc(F)c1)OCC. The van der Waals surface area contributed by atoms with E-state index in [1.165, 1.54) is 12.1 Å². The number of rotatable bonds is 7. The zero-order chi connectivity index (χ0) is 15.2. The molecule has 1 rings (SSSR count). The van der Waals surface area contributed by atoms with Gasteiger partial charge in [-0.05, 0) is 38.5 Å². The molecular formula is C13H18FO5P. The van der Waals surface area contributed by atoms with Crippen LogP contribution in [0, 0.1) is 12.7 Å². The van der Waals surface area contributed by atoms with Crippen LogP contribution in [0.1, 0.15) is 19.4 Å². The highest BCUT2D eigenvalue weighted by Gasteiger charge is 2.28. The molecule has 5 nitrogen and oxygen atoms in total. The van der Waals surface area contributed by atoms with Crippen molar-refractivity contribution in [1.82, 2.24) is 0 Å². The zero-order valence-corrected chi connectivity index (χ0v) is 12.6. The summed E-state index contributed by atoms with van der Waals surface area (Å²) in [5, 5.41) is 0. The summed E-state index contributed by atoms with van der Waals surface area (Å²) in [5.74, 6) is -1.24. The van der Waals surface area contributed by atoms with Gasteiger partial charge in [0.1, 0.15) is 17.7 Å². The van der Waals surface area contributed by atoms with Crippen LogP contribution in [-0.4, -0.2) is 25.3 Å². The van der Waals surface area contributed by atoms with Crippen LogP contribution in [-0.2, 0) is 18.4 Å². The average molecular weight is 304 g/mol. The summed E-state index contributed by atoms with van der Waals surface area (Å²) < 4.78 is 40.2. The maximum absolute atomic E-state index is 13.2. The Labute approximate surface area is 117 Å². The van der Waals surface area contributed by atoms with Crippen molar-refractivity contribution in [1.29, 1.82) is 0 Å². The number of halogens is 1. The van der Waals surface area contributed by atoms with Crippen LogP contribution >= 0.6 is 7.60 Å². The molecule has 7 heteroatoms. The molecular weight excluding hydrogens is 286 g/mol. The van der Waals surface area contributed by atoms with Crippen LogP contribution < -0.4 is 4.74 Å². The predicted molar refractivity (Wildman–Crippen MR) is 72.5 cm³/mol. The van der Waals surface area contributed by atoms with Crippen molar-refractivity contribution in [3.05, 3.63) is 29.6 Å². The van der Waals surface area contributed by atoms with E-state index >= 15 is 0 Å². The number of esters is 1. The summed E-state index contributed by atoms with van der Waals surface area (Å²) >= 11 is 0. The summed E-state index contributed by atoms with van der Waals surface area (Å²) in [7, 11) is -3.50. The maximum atomic E-state index is 13.2. The van der Waals surface area contributed by atoms with E-state index in [2.05, 4.69) is 0 Å². The molecule has 0 heterocycles. The second kappa shape index (κ2) is 7.53. The van der Waals surface area contributed by atoms with E-state index in [1.807, 2.05) is 0 Å². The summed E-state index contributed by atoms with van der Waals surface area (Å²) in [6.45, 7) is 5.28. The molecule has 0 radical (unpaired) electrons. The van der Waals surface area contributed by atoms with Gasteiger partial charge in [0.05, 0.1) is 13.2 Å². The Morgan fingerprint density at radius 1 is 1.20 bits per heavy atom. The lowest BCUT2D eigenvalue weighted by Gasteiger charge is -2.16. The van der Waals surface area contributed by atoms with Gasteiger partial charge in [0, 0.05) is 6.07 Å². The molecule has 0 atom stereocenters. The standard InChI is InChI=1S/C13H18FO5P/c1-4-17-20(16,18-5-2)9-13(15)19-12-7-10(3)6-11(14)8-12/h6-8H,4-5,9H2,1-3H3. The molecule has 0 aliphatic heterocycles. The third-order valence-corrected chi connectivity index (χ3v) is 4.17. The fourth-order valence-electron chi connectivity index (χ4n) is 1.61. The van der Waals surface area contributed by atoms with Crippen molar-refractivity contribution < 1.29 is 27.5 Å². The third-order valence-electron chi connectivity index (χ3n) is 2.22. The smallest absolute Gasteiger partial charge is 0.341 e. The van der Waals surface area contributed by atoms with Gasteiger partial charge in [-0.2, -0.15) is 0 Å². The van der Waals surface area contributed by atoms with Crippen molar-refractivity contribution in [2.75, 3.05) is 19.4 Å². The number of benzene rings is 1. The zero-order valence-electron chi connectivity index (χ0n) is 11.7. The van der Waals surface area contributed by atoms with Gasteiger partial charge in [0.2, 0.25) is 0 Å². The lowest BCUT2D eigenvalue weighted by Crippen LogP contribution is -2.16. The third kappa shape index (κ3) is 5.41. The van der Waals surface area contributed by atoms with Gasteiger partial charge in [0.25, 0.3) is 0 Å². The number of carbonyl (C=O) groups excluding carboxylic acids is 1. The second-order valence-corrected chi connectivity index (χ2v) is 6.10. The van der Waals surface area contributed by atoms with E-state index in [9.17, 15) is 13.8 Å². The van der Waals surface area contributed by atoms with Crippen LogP contribution in [0.25, 0.3) is 0 Å². The number of ether oxygens (including phenoxy) is 1. The van der Waals surface area contributed by atoms with Crippen molar-refractivity contribution >= 4 is 13.6 Å². The largest absolute Gasteiger partial charge is 0.426 e. The van der Waals surface area contributed by atoms with Gasteiger partial charge in [-0.25, -0.2) is 4.39 Å². The van der Waals surface area contributed by atoms with E-state index in [0.717, 1.165) is 6.07 Å². The predicted octanol–water partition coefficient (Wildman–Crippen LogP) is 3.31. The minimum atomic E-state index is -3.50. The molecule has 1 aromatic rings. The average Bonchev–Trinajstić information content (AvgIpc) is 2.26. The minimum Gasteiger partial charge on any atom is -0.426 e. The molecule has 0 spiro atoms. The van der Waals surface area contributed by atoms with Crippen LogP contribution in [0.5, 0.6) is 5.75 Å². The molecule has 0 aliphatic rings. The molecule has 1 aromatic carbocycles. The number of hydrogen-bond donors (Lipinski definition) is 0. The normalized spacial score (nSPS) is 11.4. The van der Waals surface area contributed by atoms with E-state index < -0.39 is 25.5 Å². The Hall–Kier alpha value is -1.23. The highest BCUT2D eigenvalue weighted by Crippen LogP contribution is 2.47. The molecule has 0 aliphatic carbocycles. The van der Waals surface area contributed by atoms with E-state index in [1.54, 1.807) is 20.8 Å². The van der Waals surface area contributed by atoms with Crippen molar-refractivity contribution in [2.45, 2.75) is 20.8 Å². The highest BCUT2D eigenvalue weighted by molar-refractivity contribution is 7.54. The summed E-state index contributed by atoms with van der Waals surface area (Å²) in [5.41, 5.74) is 0.616. The molecule has 112 valence electrons. The number of carbonyl (C=O) groups is 1. The molecule has 0 aromatic heterocycles. The maximum Gasteiger partial charge on any atom is 0.341 e. The molecule has 20 heavy (non-hydrogen) atoms. The first-order valence-corrected chi connectivity index (χ1v) is 7.97. The number of hydrogen-bond acceptors (Lipinski definition) is 5. The summed E-state index contributed by atoms with van der Waals surface area (Å²) in [6, 6.07) is 3.90. The van der Waals surface area contributed by atoms with Crippen molar-refractivity contribution in [3.63, 3.8) is 0 Å². The Balaban J connectivity index is 2.72. The van der Waals surface area contributed by atoms with Crippen LogP contribution in [0.3, 0.4) is 0 Å². The van der Waals surface area contributed by atoms with Crippen molar-refractivity contribution in [2.24, 2.45) is 0 Å². The topological polar surface area (TPSA) is 61.8 Å². The first kappa shape index (κ1) is 16.8. The second-order valence-electron chi connectivity index (χ2n) is 4.04. The van der Waals surface area contributed by atoms with Crippen LogP contribution in [0.4, 0.5) is 4.39 Å². The van der Waals surface area contributed by atoms with Gasteiger partial charge < -0.3 is 13.8 Å². The Kier molecular flexibility index (Phi) is 6.33. The molecule has 0 N–H and O–H groups in total. The summed E-state index contributed by atoms with van der Waals surface area (Å²) in [6.07, 6.45) is -0.510. The minimum absolute atomic E-state index is 0.0621. The Morgan fingerprint density at radius 2 is 1.80 bits per heavy atom. The van der Waals surface area contributed by atoms with E-state index in [-0.39, 0.29) is 19.0 Å². The molecule has 0 saturated carbocycles. The fourth-order valence-corrected chi connectivity index (χ4v) is 3.03. The lowest BCUT2D eigenvalue weighted by atomic mass is 10.2. The monoisotopic (exact) mass is 304 g/mol. The Bertz CT molecular complexity index is 487. The summed E-state index contributed by atoms with van der Waals surface area (Å²) in [4.78, 5) is 11.7. The quantitative estimate of drug-likeness (QED) is 0.439. The molecule has 0 amide bonds. The molecule has 0 saturated heterocycles. The van der Waals surface area contributed by atoms with E-state index in [0.29, 0.717) is 5.56 Å². The van der Waals surface area contributed by atoms with Gasteiger partial charge in [-0.1, -0.05) is 0 Å². The number of aryl methyl sites for hydroxylation is 1. The fraction of sp³-hybridized carbons (Fsp3) is 0.462. The first-order chi connectivity index (χ1) is 9.38. The van der Waals surface area contributed by atoms with Gasteiger partial charge >= 0.3 is 13.6 Å². The molecule has 0 unspecified atom stereocenters. The van der Waals surface area contributed by atoms with Crippen LogP contribution in [0.2, 0.25) is 0 Å². The highest BCUT2D eigenvalue weighted by atomic mass is 31.2. The van der Waals surface area contributed by atoms with Gasteiger partial charge in [0.15, 0.2) is 0 Å². The van der Waals surface area contributed by atoms with Gasteiger partial charge in [-0.15, -0.1) is 0 Å².